The summed E-state index contributed by atoms with van der Waals surface area (Å²) >= 11 is 0. The normalized spacial score (nSPS) is 40.6. The first-order valence-corrected chi connectivity index (χ1v) is 15.7. The van der Waals surface area contributed by atoms with E-state index in [9.17, 15) is 24.6 Å². The Hall–Kier alpha value is -1.85. The highest BCUT2D eigenvalue weighted by Crippen LogP contribution is 2.74. The highest BCUT2D eigenvalue weighted by Gasteiger charge is 2.69. The molecule has 4 aliphatic rings. The van der Waals surface area contributed by atoms with Crippen LogP contribution in [0.4, 0.5) is 0 Å². The van der Waals surface area contributed by atoms with Gasteiger partial charge >= 0.3 is 17.9 Å². The van der Waals surface area contributed by atoms with Gasteiger partial charge in [-0.05, 0) is 111 Å². The van der Waals surface area contributed by atoms with Crippen molar-refractivity contribution in [3.8, 4) is 0 Å². The molecule has 3 fully saturated rings. The second-order valence-electron chi connectivity index (χ2n) is 16.0. The second kappa shape index (κ2) is 10.2. The average Bonchev–Trinajstić information content (AvgIpc) is 2.83. The second-order valence-corrected chi connectivity index (χ2v) is 16.0. The van der Waals surface area contributed by atoms with Gasteiger partial charge in [0, 0.05) is 0 Å². The fraction of sp³-hybridized carbons (Fsp3) is 0.853. The quantitative estimate of drug-likeness (QED) is 0.178. The molecule has 0 amide bonds. The standard InChI is InChI=1S/C34H54O6/c1-9-10-19-40-28(39)34-17-15-29(2,3)20-23(34)22-11-12-25-31(6,21-26(35)36)24(30(4,5)27(37)38)13-14-33(25,8)32(22,7)16-18-34/h11,23-25H,9-10,12-21H2,1-8H3,(H,35,36)(H,37,38)/t23-,24-,25+,31-,32+,33+,34-/m0/s1. The maximum Gasteiger partial charge on any atom is 0.312 e. The number of carbonyl (C=O) groups is 3. The van der Waals surface area contributed by atoms with Crippen LogP contribution in [0.3, 0.4) is 0 Å². The summed E-state index contributed by atoms with van der Waals surface area (Å²) in [5.41, 5.74) is -1.00. The predicted molar refractivity (Wildman–Crippen MR) is 156 cm³/mol. The van der Waals surface area contributed by atoms with Crippen molar-refractivity contribution >= 4 is 17.9 Å². The van der Waals surface area contributed by atoms with Crippen molar-refractivity contribution < 1.29 is 29.3 Å². The van der Waals surface area contributed by atoms with Crippen LogP contribution in [0.15, 0.2) is 11.6 Å². The lowest BCUT2D eigenvalue weighted by atomic mass is 9.34. The summed E-state index contributed by atoms with van der Waals surface area (Å²) in [7, 11) is 0. The Balaban J connectivity index is 1.81. The summed E-state index contributed by atoms with van der Waals surface area (Å²) in [5.74, 6) is -1.80. The first-order chi connectivity index (χ1) is 18.4. The molecule has 0 aromatic carbocycles. The molecule has 226 valence electrons. The molecule has 0 heterocycles. The maximum atomic E-state index is 13.9. The minimum absolute atomic E-state index is 0.0145. The molecule has 0 bridgehead atoms. The van der Waals surface area contributed by atoms with Crippen LogP contribution >= 0.6 is 0 Å². The minimum atomic E-state index is -1.02. The van der Waals surface area contributed by atoms with E-state index in [1.807, 2.05) is 0 Å². The molecule has 0 spiro atoms. The number of rotatable bonds is 8. The molecule has 6 heteroatoms. The molecule has 3 saturated carbocycles. The molecule has 7 atom stereocenters. The zero-order valence-electron chi connectivity index (χ0n) is 26.3. The molecule has 0 aromatic heterocycles. The maximum absolute atomic E-state index is 13.9. The number of hydrogen-bond acceptors (Lipinski definition) is 4. The number of hydrogen-bond donors (Lipinski definition) is 2. The van der Waals surface area contributed by atoms with Gasteiger partial charge in [0.05, 0.1) is 23.9 Å². The van der Waals surface area contributed by atoms with Crippen molar-refractivity contribution in [3.05, 3.63) is 11.6 Å². The summed E-state index contributed by atoms with van der Waals surface area (Å²) in [6, 6.07) is 0. The van der Waals surface area contributed by atoms with Gasteiger partial charge in [0.15, 0.2) is 0 Å². The van der Waals surface area contributed by atoms with Crippen molar-refractivity contribution in [1.82, 2.24) is 0 Å². The molecule has 0 radical (unpaired) electrons. The zero-order chi connectivity index (χ0) is 29.9. The van der Waals surface area contributed by atoms with E-state index in [2.05, 4.69) is 47.6 Å². The third-order valence-corrected chi connectivity index (χ3v) is 13.0. The number of carboxylic acids is 2. The van der Waals surface area contributed by atoms with Crippen molar-refractivity contribution in [2.75, 3.05) is 6.61 Å². The van der Waals surface area contributed by atoms with Crippen LogP contribution in [0.1, 0.15) is 126 Å². The lowest BCUT2D eigenvalue weighted by Crippen LogP contribution is -2.64. The predicted octanol–water partition coefficient (Wildman–Crippen LogP) is 7.90. The Morgan fingerprint density at radius 3 is 2.25 bits per heavy atom. The number of carbonyl (C=O) groups excluding carboxylic acids is 1. The van der Waals surface area contributed by atoms with Crippen molar-refractivity contribution in [1.29, 1.82) is 0 Å². The fourth-order valence-corrected chi connectivity index (χ4v) is 10.3. The summed E-state index contributed by atoms with van der Waals surface area (Å²) in [4.78, 5) is 38.6. The van der Waals surface area contributed by atoms with Gasteiger partial charge in [0.25, 0.3) is 0 Å². The zero-order valence-corrected chi connectivity index (χ0v) is 26.3. The molecule has 6 nitrogen and oxygen atoms in total. The van der Waals surface area contributed by atoms with E-state index in [4.69, 9.17) is 4.74 Å². The largest absolute Gasteiger partial charge is 0.481 e. The number of ether oxygens (including phenoxy) is 1. The van der Waals surface area contributed by atoms with Crippen LogP contribution < -0.4 is 0 Å². The van der Waals surface area contributed by atoms with Crippen molar-refractivity contribution in [2.45, 2.75) is 126 Å². The van der Waals surface area contributed by atoms with E-state index >= 15 is 0 Å². The van der Waals surface area contributed by atoms with Gasteiger partial charge in [-0.1, -0.05) is 59.6 Å². The fourth-order valence-electron chi connectivity index (χ4n) is 10.3. The van der Waals surface area contributed by atoms with E-state index in [0.29, 0.717) is 13.0 Å². The van der Waals surface area contributed by atoms with E-state index in [1.54, 1.807) is 13.8 Å². The highest BCUT2D eigenvalue weighted by atomic mass is 16.5. The first-order valence-electron chi connectivity index (χ1n) is 15.7. The van der Waals surface area contributed by atoms with Gasteiger partial charge in [-0.2, -0.15) is 0 Å². The highest BCUT2D eigenvalue weighted by molar-refractivity contribution is 5.79. The van der Waals surface area contributed by atoms with E-state index in [0.717, 1.165) is 57.8 Å². The SMILES string of the molecule is CCCCOC(=O)[C@]12CCC(C)(C)C[C@H]1C1=CC[C@@H]3[C@@](C)(CC(=O)O)[C@H](C(C)(C)C(=O)O)CC[C@@]3(C)[C@]1(C)CC2. The summed E-state index contributed by atoms with van der Waals surface area (Å²) in [5, 5.41) is 20.3. The molecule has 0 unspecified atom stereocenters. The summed E-state index contributed by atoms with van der Waals surface area (Å²) in [6.45, 7) is 17.6. The number of fused-ring (bicyclic) bond motifs is 5. The van der Waals surface area contributed by atoms with Crippen molar-refractivity contribution in [3.63, 3.8) is 0 Å². The topological polar surface area (TPSA) is 101 Å². The monoisotopic (exact) mass is 558 g/mol. The lowest BCUT2D eigenvalue weighted by Gasteiger charge is -2.69. The van der Waals surface area contributed by atoms with Gasteiger partial charge in [0.2, 0.25) is 0 Å². The number of carboxylic acid groups (broad SMARTS) is 2. The van der Waals surface area contributed by atoms with Gasteiger partial charge in [0.1, 0.15) is 0 Å². The third-order valence-electron chi connectivity index (χ3n) is 13.0. The van der Waals surface area contributed by atoms with Crippen LogP contribution in [0.2, 0.25) is 0 Å². The van der Waals surface area contributed by atoms with E-state index in [1.165, 1.54) is 5.57 Å². The summed E-state index contributed by atoms with van der Waals surface area (Å²) in [6.07, 6.45) is 11.0. The molecule has 4 aliphatic carbocycles. The Kier molecular flexibility index (Phi) is 7.89. The molecule has 40 heavy (non-hydrogen) atoms. The number of allylic oxidation sites excluding steroid dienone is 2. The molecule has 0 saturated heterocycles. The lowest BCUT2D eigenvalue weighted by molar-refractivity contribution is -0.192. The average molecular weight is 559 g/mol. The van der Waals surface area contributed by atoms with Gasteiger partial charge < -0.3 is 14.9 Å². The van der Waals surface area contributed by atoms with Gasteiger partial charge in [-0.3, -0.25) is 14.4 Å². The Bertz CT molecular complexity index is 1070. The van der Waals surface area contributed by atoms with Crippen LogP contribution in [0, 0.1) is 50.2 Å². The molecule has 0 aromatic rings. The van der Waals surface area contributed by atoms with Crippen LogP contribution in [0.5, 0.6) is 0 Å². The van der Waals surface area contributed by atoms with Crippen LogP contribution in [-0.2, 0) is 19.1 Å². The number of esters is 1. The Morgan fingerprint density at radius 1 is 1.00 bits per heavy atom. The minimum Gasteiger partial charge on any atom is -0.481 e. The Labute approximate surface area is 241 Å². The first kappa shape index (κ1) is 31.1. The smallest absolute Gasteiger partial charge is 0.312 e. The van der Waals surface area contributed by atoms with E-state index in [-0.39, 0.29) is 46.4 Å². The van der Waals surface area contributed by atoms with Gasteiger partial charge in [-0.25, -0.2) is 0 Å². The van der Waals surface area contributed by atoms with E-state index < -0.39 is 28.2 Å². The molecule has 0 aliphatic heterocycles. The molecule has 2 N–H and O–H groups in total. The Morgan fingerprint density at radius 2 is 1.65 bits per heavy atom. The summed E-state index contributed by atoms with van der Waals surface area (Å²) < 4.78 is 5.96. The van der Waals surface area contributed by atoms with Crippen LogP contribution in [-0.4, -0.2) is 34.7 Å². The van der Waals surface area contributed by atoms with Crippen molar-refractivity contribution in [2.24, 2.45) is 50.2 Å². The van der Waals surface area contributed by atoms with Gasteiger partial charge in [-0.15, -0.1) is 0 Å². The third kappa shape index (κ3) is 4.54. The molecular weight excluding hydrogens is 504 g/mol. The van der Waals surface area contributed by atoms with Crippen LogP contribution in [0.25, 0.3) is 0 Å². The number of aliphatic carboxylic acids is 2. The molecule has 4 rings (SSSR count). The molecular formula is C34H54O6. The number of unbranched alkanes of at least 4 members (excludes halogenated alkanes) is 1.